The molecular formula is C15H24N2O2. The zero-order valence-electron chi connectivity index (χ0n) is 12.2. The molecule has 1 unspecified atom stereocenters. The van der Waals surface area contributed by atoms with E-state index in [2.05, 4.69) is 10.3 Å². The topological polar surface area (TPSA) is 43.4 Å². The molecule has 1 N–H and O–H groups in total. The molecule has 0 aliphatic carbocycles. The van der Waals surface area contributed by atoms with Gasteiger partial charge in [0.25, 0.3) is 0 Å². The molecule has 4 nitrogen and oxygen atoms in total. The van der Waals surface area contributed by atoms with Crippen LogP contribution in [0.25, 0.3) is 0 Å². The van der Waals surface area contributed by atoms with E-state index in [4.69, 9.17) is 9.47 Å². The second-order valence-corrected chi connectivity index (χ2v) is 5.27. The zero-order chi connectivity index (χ0) is 13.7. The summed E-state index contributed by atoms with van der Waals surface area (Å²) in [4.78, 5) is 4.45. The minimum Gasteiger partial charge on any atom is -0.496 e. The quantitative estimate of drug-likeness (QED) is 0.885. The summed E-state index contributed by atoms with van der Waals surface area (Å²) in [5.41, 5.74) is 3.13. The van der Waals surface area contributed by atoms with Crippen molar-refractivity contribution in [2.45, 2.75) is 33.3 Å². The van der Waals surface area contributed by atoms with E-state index in [1.807, 2.05) is 20.0 Å². The zero-order valence-corrected chi connectivity index (χ0v) is 12.2. The minimum absolute atomic E-state index is 0.568. The first-order valence-corrected chi connectivity index (χ1v) is 7.00. The summed E-state index contributed by atoms with van der Waals surface area (Å²) in [7, 11) is 1.70. The Kier molecular flexibility index (Phi) is 5.16. The van der Waals surface area contributed by atoms with Crippen molar-refractivity contribution in [3.05, 3.63) is 23.0 Å². The monoisotopic (exact) mass is 264 g/mol. The lowest BCUT2D eigenvalue weighted by Crippen LogP contribution is -2.32. The van der Waals surface area contributed by atoms with Gasteiger partial charge in [-0.1, -0.05) is 0 Å². The Morgan fingerprint density at radius 2 is 2.26 bits per heavy atom. The van der Waals surface area contributed by atoms with Crippen LogP contribution in [-0.4, -0.2) is 31.8 Å². The van der Waals surface area contributed by atoms with Gasteiger partial charge in [0, 0.05) is 23.9 Å². The Balaban J connectivity index is 1.88. The maximum Gasteiger partial charge on any atom is 0.128 e. The number of aromatic nitrogens is 1. The maximum atomic E-state index is 5.82. The maximum absolute atomic E-state index is 5.82. The van der Waals surface area contributed by atoms with Crippen LogP contribution in [0.4, 0.5) is 0 Å². The first-order chi connectivity index (χ1) is 9.22. The lowest BCUT2D eigenvalue weighted by atomic mass is 10.0. The van der Waals surface area contributed by atoms with Gasteiger partial charge in [0.15, 0.2) is 0 Å². The van der Waals surface area contributed by atoms with E-state index in [0.29, 0.717) is 12.5 Å². The number of aryl methyl sites for hydroxylation is 1. The number of ether oxygens (including phenoxy) is 2. The number of hydrogen-bond donors (Lipinski definition) is 1. The number of piperidine rings is 1. The van der Waals surface area contributed by atoms with Crippen LogP contribution >= 0.6 is 0 Å². The predicted molar refractivity (Wildman–Crippen MR) is 75.5 cm³/mol. The highest BCUT2D eigenvalue weighted by atomic mass is 16.5. The molecule has 0 bridgehead atoms. The van der Waals surface area contributed by atoms with Gasteiger partial charge in [0.05, 0.1) is 26.0 Å². The predicted octanol–water partition coefficient (Wildman–Crippen LogP) is 2.22. The molecule has 1 aliphatic rings. The summed E-state index contributed by atoms with van der Waals surface area (Å²) in [5, 5.41) is 3.40. The van der Waals surface area contributed by atoms with Gasteiger partial charge in [0.1, 0.15) is 5.75 Å². The van der Waals surface area contributed by atoms with Crippen LogP contribution in [-0.2, 0) is 11.3 Å². The van der Waals surface area contributed by atoms with Crippen LogP contribution in [0.3, 0.4) is 0 Å². The van der Waals surface area contributed by atoms with Crippen molar-refractivity contribution in [2.24, 2.45) is 5.92 Å². The molecule has 2 rings (SSSR count). The molecule has 0 radical (unpaired) electrons. The molecule has 1 aliphatic heterocycles. The fourth-order valence-corrected chi connectivity index (χ4v) is 2.61. The Labute approximate surface area is 115 Å². The van der Waals surface area contributed by atoms with E-state index in [-0.39, 0.29) is 0 Å². The number of pyridine rings is 1. The van der Waals surface area contributed by atoms with Crippen LogP contribution in [0.15, 0.2) is 6.20 Å². The fraction of sp³-hybridized carbons (Fsp3) is 0.667. The van der Waals surface area contributed by atoms with Crippen LogP contribution < -0.4 is 10.1 Å². The van der Waals surface area contributed by atoms with Gasteiger partial charge in [-0.05, 0) is 39.2 Å². The highest BCUT2D eigenvalue weighted by molar-refractivity contribution is 5.40. The number of methoxy groups -OCH3 is 1. The molecule has 1 fully saturated rings. The summed E-state index contributed by atoms with van der Waals surface area (Å²) < 4.78 is 11.2. The molecule has 0 aromatic carbocycles. The molecule has 19 heavy (non-hydrogen) atoms. The van der Waals surface area contributed by atoms with E-state index in [1.54, 1.807) is 7.11 Å². The van der Waals surface area contributed by atoms with Gasteiger partial charge in [-0.25, -0.2) is 0 Å². The smallest absolute Gasteiger partial charge is 0.128 e. The minimum atomic E-state index is 0.568. The summed E-state index contributed by atoms with van der Waals surface area (Å²) in [6, 6.07) is 0. The van der Waals surface area contributed by atoms with Crippen LogP contribution in [0.5, 0.6) is 5.75 Å². The van der Waals surface area contributed by atoms with Gasteiger partial charge >= 0.3 is 0 Å². The third-order valence-electron chi connectivity index (χ3n) is 3.74. The molecule has 106 valence electrons. The van der Waals surface area contributed by atoms with Gasteiger partial charge in [-0.15, -0.1) is 0 Å². The average Bonchev–Trinajstić information content (AvgIpc) is 2.43. The Morgan fingerprint density at radius 1 is 1.42 bits per heavy atom. The molecule has 1 aromatic heterocycles. The number of nitrogens with zero attached hydrogens (tertiary/aromatic N) is 1. The molecule has 0 spiro atoms. The Morgan fingerprint density at radius 3 is 2.95 bits per heavy atom. The van der Waals surface area contributed by atoms with E-state index in [0.717, 1.165) is 42.3 Å². The van der Waals surface area contributed by atoms with Gasteiger partial charge < -0.3 is 14.8 Å². The SMILES string of the molecule is COc1c(C)cnc(COCC2CCCNC2)c1C. The third kappa shape index (κ3) is 3.67. The summed E-state index contributed by atoms with van der Waals surface area (Å²) in [6.45, 7) is 7.65. The standard InChI is InChI=1S/C15H24N2O2/c1-11-7-17-14(12(2)15(11)18-3)10-19-9-13-5-4-6-16-8-13/h7,13,16H,4-6,8-10H2,1-3H3. The van der Waals surface area contributed by atoms with Crippen molar-refractivity contribution < 1.29 is 9.47 Å². The van der Waals surface area contributed by atoms with Crippen molar-refractivity contribution in [1.82, 2.24) is 10.3 Å². The second kappa shape index (κ2) is 6.87. The lowest BCUT2D eigenvalue weighted by Gasteiger charge is -2.22. The summed E-state index contributed by atoms with van der Waals surface area (Å²) >= 11 is 0. The van der Waals surface area contributed by atoms with Gasteiger partial charge in [-0.3, -0.25) is 4.98 Å². The van der Waals surface area contributed by atoms with Gasteiger partial charge in [0.2, 0.25) is 0 Å². The molecule has 2 heterocycles. The molecule has 1 atom stereocenters. The third-order valence-corrected chi connectivity index (χ3v) is 3.74. The molecular weight excluding hydrogens is 240 g/mol. The van der Waals surface area contributed by atoms with Crippen molar-refractivity contribution >= 4 is 0 Å². The lowest BCUT2D eigenvalue weighted by molar-refractivity contribution is 0.0759. The number of rotatable bonds is 5. The Bertz CT molecular complexity index is 415. The first-order valence-electron chi connectivity index (χ1n) is 7.00. The van der Waals surface area contributed by atoms with Gasteiger partial charge in [-0.2, -0.15) is 0 Å². The first kappa shape index (κ1) is 14.3. The highest BCUT2D eigenvalue weighted by Crippen LogP contribution is 2.24. The Hall–Kier alpha value is -1.13. The van der Waals surface area contributed by atoms with Crippen LogP contribution in [0, 0.1) is 19.8 Å². The van der Waals surface area contributed by atoms with Crippen molar-refractivity contribution in [2.75, 3.05) is 26.8 Å². The summed E-state index contributed by atoms with van der Waals surface area (Å²) in [6.07, 6.45) is 4.37. The van der Waals surface area contributed by atoms with Crippen molar-refractivity contribution in [1.29, 1.82) is 0 Å². The normalized spacial score (nSPS) is 19.4. The van der Waals surface area contributed by atoms with E-state index >= 15 is 0 Å². The summed E-state index contributed by atoms with van der Waals surface area (Å²) in [5.74, 6) is 1.56. The largest absolute Gasteiger partial charge is 0.496 e. The van der Waals surface area contributed by atoms with E-state index in [1.165, 1.54) is 12.8 Å². The molecule has 1 saturated heterocycles. The fourth-order valence-electron chi connectivity index (χ4n) is 2.61. The van der Waals surface area contributed by atoms with E-state index < -0.39 is 0 Å². The molecule has 0 amide bonds. The second-order valence-electron chi connectivity index (χ2n) is 5.27. The van der Waals surface area contributed by atoms with Crippen LogP contribution in [0.1, 0.15) is 29.7 Å². The molecule has 1 aromatic rings. The van der Waals surface area contributed by atoms with Crippen LogP contribution in [0.2, 0.25) is 0 Å². The average molecular weight is 264 g/mol. The highest BCUT2D eigenvalue weighted by Gasteiger charge is 2.14. The number of nitrogens with one attached hydrogen (secondary N) is 1. The van der Waals surface area contributed by atoms with E-state index in [9.17, 15) is 0 Å². The molecule has 4 heteroatoms. The molecule has 0 saturated carbocycles. The van der Waals surface area contributed by atoms with Crippen molar-refractivity contribution in [3.8, 4) is 5.75 Å². The van der Waals surface area contributed by atoms with Crippen molar-refractivity contribution in [3.63, 3.8) is 0 Å². The number of hydrogen-bond acceptors (Lipinski definition) is 4.